The van der Waals surface area contributed by atoms with Gasteiger partial charge in [-0.1, -0.05) is 32.4 Å². The fourth-order valence-electron chi connectivity index (χ4n) is 10.1. The maximum Gasteiger partial charge on any atom is 0.410 e. The van der Waals surface area contributed by atoms with Crippen molar-refractivity contribution >= 4 is 28.5 Å². The predicted molar refractivity (Wildman–Crippen MR) is 200 cm³/mol. The van der Waals surface area contributed by atoms with Crippen LogP contribution in [0.3, 0.4) is 0 Å². The highest BCUT2D eigenvalue weighted by Gasteiger charge is 2.60. The molecule has 0 aromatic carbocycles. The van der Waals surface area contributed by atoms with Gasteiger partial charge in [0.1, 0.15) is 11.2 Å². The average Bonchev–Trinajstić information content (AvgIpc) is 3.36. The highest BCUT2D eigenvalue weighted by molar-refractivity contribution is 7.80. The van der Waals surface area contributed by atoms with Crippen molar-refractivity contribution in [3.05, 3.63) is 11.6 Å². The molecule has 52 heavy (non-hydrogen) atoms. The largest absolute Gasteiger partial charge is 0.444 e. The molecule has 0 spiro atoms. The summed E-state index contributed by atoms with van der Waals surface area (Å²) >= 11 is 0. The van der Waals surface area contributed by atoms with E-state index in [1.54, 1.807) is 4.90 Å². The van der Waals surface area contributed by atoms with E-state index < -0.39 is 33.8 Å². The van der Waals surface area contributed by atoms with Crippen molar-refractivity contribution < 1.29 is 41.0 Å². The van der Waals surface area contributed by atoms with Gasteiger partial charge in [0, 0.05) is 32.1 Å². The second kappa shape index (κ2) is 16.6. The maximum absolute atomic E-state index is 13.6. The molecule has 0 aromatic rings. The van der Waals surface area contributed by atoms with Gasteiger partial charge >= 0.3 is 22.6 Å². The van der Waals surface area contributed by atoms with Gasteiger partial charge in [0.05, 0.1) is 6.10 Å². The highest BCUT2D eigenvalue weighted by atomic mass is 32.3. The molecule has 4 rings (SSSR count). The number of carbonyl (C=O) groups excluding carboxylic acids is 3. The van der Waals surface area contributed by atoms with Gasteiger partial charge in [0.2, 0.25) is 5.91 Å². The zero-order chi connectivity index (χ0) is 38.7. The molecule has 4 aliphatic rings. The Labute approximate surface area is 312 Å². The minimum Gasteiger partial charge on any atom is -0.444 e. The summed E-state index contributed by atoms with van der Waals surface area (Å²) in [4.78, 5) is 40.3. The molecule has 3 saturated carbocycles. The predicted octanol–water partition coefficient (Wildman–Crippen LogP) is 7.44. The number of allylic oxidation sites excluding steroid dienone is 1. The van der Waals surface area contributed by atoms with Gasteiger partial charge in [-0.25, -0.2) is 13.8 Å². The van der Waals surface area contributed by atoms with Crippen molar-refractivity contribution in [2.75, 3.05) is 26.2 Å². The van der Waals surface area contributed by atoms with Crippen LogP contribution in [0.2, 0.25) is 0 Å². The molecule has 0 aliphatic heterocycles. The molecule has 0 radical (unpaired) electrons. The normalized spacial score (nSPS) is 30.9. The van der Waals surface area contributed by atoms with Gasteiger partial charge in [0.15, 0.2) is 0 Å². The van der Waals surface area contributed by atoms with E-state index in [-0.39, 0.29) is 28.7 Å². The zero-order valence-electron chi connectivity index (χ0n) is 33.2. The summed E-state index contributed by atoms with van der Waals surface area (Å²) < 4.78 is 47.9. The topological polar surface area (TPSA) is 161 Å². The molecule has 0 bridgehead atoms. The van der Waals surface area contributed by atoms with Crippen LogP contribution in [0.15, 0.2) is 11.6 Å². The number of unbranched alkanes of at least 4 members (excludes halogenated alkanes) is 1. The van der Waals surface area contributed by atoms with Crippen molar-refractivity contribution in [1.82, 2.24) is 15.5 Å². The molecule has 0 aromatic heterocycles. The minimum absolute atomic E-state index is 0.00850. The number of nitrogens with one attached hydrogen (secondary N) is 2. The monoisotopic (exact) mass is 753 g/mol. The lowest BCUT2D eigenvalue weighted by Crippen LogP contribution is -2.51. The molecule has 3 fully saturated rings. The van der Waals surface area contributed by atoms with Crippen LogP contribution >= 0.6 is 0 Å². The Balaban J connectivity index is 1.27. The lowest BCUT2D eigenvalue weighted by atomic mass is 9.47. The summed E-state index contributed by atoms with van der Waals surface area (Å²) in [5, 5.41) is 5.94. The molecule has 0 heterocycles. The van der Waals surface area contributed by atoms with E-state index in [4.69, 9.17) is 13.7 Å². The van der Waals surface area contributed by atoms with Gasteiger partial charge in [-0.05, 0) is 147 Å². The van der Waals surface area contributed by atoms with Crippen molar-refractivity contribution in [2.45, 2.75) is 150 Å². The lowest BCUT2D eigenvalue weighted by Gasteiger charge is -2.58. The molecule has 298 valence electrons. The van der Waals surface area contributed by atoms with Gasteiger partial charge in [-0.2, -0.15) is 8.42 Å². The third kappa shape index (κ3) is 10.9. The van der Waals surface area contributed by atoms with Crippen LogP contribution in [0.4, 0.5) is 9.59 Å². The number of hydrogen-bond acceptors (Lipinski definition) is 8. The summed E-state index contributed by atoms with van der Waals surface area (Å²) in [6, 6.07) is 0. The summed E-state index contributed by atoms with van der Waals surface area (Å²) in [7, 11) is -4.47. The summed E-state index contributed by atoms with van der Waals surface area (Å²) in [6.45, 7) is 19.7. The Kier molecular flexibility index (Phi) is 13.5. The van der Waals surface area contributed by atoms with Crippen LogP contribution in [0, 0.1) is 40.4 Å². The number of fused-ring (bicyclic) bond motifs is 5. The number of amides is 3. The van der Waals surface area contributed by atoms with Gasteiger partial charge < -0.3 is 25.0 Å². The van der Waals surface area contributed by atoms with E-state index >= 15 is 0 Å². The molecule has 4 unspecified atom stereocenters. The third-order valence-electron chi connectivity index (χ3n) is 12.5. The van der Waals surface area contributed by atoms with Crippen LogP contribution in [0.25, 0.3) is 0 Å². The van der Waals surface area contributed by atoms with E-state index in [2.05, 4.69) is 37.5 Å². The van der Waals surface area contributed by atoms with Crippen molar-refractivity contribution in [3.63, 3.8) is 0 Å². The van der Waals surface area contributed by atoms with Crippen LogP contribution in [-0.2, 0) is 28.9 Å². The summed E-state index contributed by atoms with van der Waals surface area (Å²) in [5.41, 5.74) is 0.181. The number of nitrogens with zero attached hydrogens (tertiary/aromatic N) is 1. The second-order valence-corrected chi connectivity index (χ2v) is 19.5. The van der Waals surface area contributed by atoms with E-state index in [0.717, 1.165) is 38.5 Å². The molecule has 0 saturated heterocycles. The van der Waals surface area contributed by atoms with E-state index in [0.29, 0.717) is 82.0 Å². The number of hydrogen-bond donors (Lipinski definition) is 3. The molecular weight excluding hydrogens is 687 g/mol. The van der Waals surface area contributed by atoms with Gasteiger partial charge in [-0.15, -0.1) is 0 Å². The molecular formula is C39H67N3O9S. The first kappa shape index (κ1) is 42.4. The fraction of sp³-hybridized carbons (Fsp3) is 0.872. The SMILES string of the molecule is CC(C(=O)NCCCN(CCCCNC(=O)OC(C)(C)C)C(=O)OC(C)(C)C)[C@H]1CCC2C3CC=C4C[C@@H](OS(=O)(=O)O)CC[C@]4(C)C3CC[C@@]21C. The highest BCUT2D eigenvalue weighted by Crippen LogP contribution is 2.67. The first-order chi connectivity index (χ1) is 24.0. The van der Waals surface area contributed by atoms with Crippen molar-refractivity contribution in [3.8, 4) is 0 Å². The Bertz CT molecular complexity index is 1420. The molecule has 8 atom stereocenters. The van der Waals surface area contributed by atoms with Crippen molar-refractivity contribution in [1.29, 1.82) is 0 Å². The first-order valence-electron chi connectivity index (χ1n) is 19.6. The summed E-state index contributed by atoms with van der Waals surface area (Å²) in [6.07, 6.45) is 10.2. The molecule has 3 N–H and O–H groups in total. The Morgan fingerprint density at radius 2 is 1.56 bits per heavy atom. The van der Waals surface area contributed by atoms with Crippen LogP contribution in [-0.4, -0.2) is 79.4 Å². The summed E-state index contributed by atoms with van der Waals surface area (Å²) in [5.74, 6) is 1.84. The van der Waals surface area contributed by atoms with Gasteiger partial charge in [0.25, 0.3) is 0 Å². The van der Waals surface area contributed by atoms with E-state index in [1.165, 1.54) is 5.57 Å². The van der Waals surface area contributed by atoms with Crippen LogP contribution in [0.5, 0.6) is 0 Å². The van der Waals surface area contributed by atoms with Crippen LogP contribution in [0.1, 0.15) is 133 Å². The average molecular weight is 754 g/mol. The number of alkyl carbamates (subject to hydrolysis) is 1. The van der Waals surface area contributed by atoms with Gasteiger partial charge in [-0.3, -0.25) is 9.35 Å². The second-order valence-electron chi connectivity index (χ2n) is 18.4. The zero-order valence-corrected chi connectivity index (χ0v) is 34.0. The lowest BCUT2D eigenvalue weighted by molar-refractivity contribution is -0.129. The van der Waals surface area contributed by atoms with E-state index in [9.17, 15) is 27.4 Å². The Hall–Kier alpha value is -2.38. The number of ether oxygens (including phenoxy) is 2. The Morgan fingerprint density at radius 1 is 0.904 bits per heavy atom. The fourth-order valence-corrected chi connectivity index (χ4v) is 10.6. The minimum atomic E-state index is -4.47. The standard InChI is InChI=1S/C39H67N3O9S/c1-26(33(43)40-22-12-24-42(35(45)50-37(5,6)7)23-11-10-21-41-34(44)49-36(2,3)4)30-15-16-31-29-14-13-27-25-28(51-52(46,47)48)17-19-38(27,8)32(29)18-20-39(30,31)9/h13,26,28-32H,10-12,14-25H2,1-9H3,(H,40,43)(H,41,44)(H,46,47,48)/t26?,28-,29?,30+,31?,32?,38-,39+/m0/s1. The Morgan fingerprint density at radius 3 is 2.21 bits per heavy atom. The molecule has 12 nitrogen and oxygen atoms in total. The van der Waals surface area contributed by atoms with Crippen molar-refractivity contribution in [2.24, 2.45) is 40.4 Å². The smallest absolute Gasteiger partial charge is 0.410 e. The first-order valence-corrected chi connectivity index (χ1v) is 21.0. The third-order valence-corrected chi connectivity index (χ3v) is 13.0. The molecule has 13 heteroatoms. The van der Waals surface area contributed by atoms with E-state index in [1.807, 2.05) is 41.5 Å². The van der Waals surface area contributed by atoms with Crippen LogP contribution < -0.4 is 10.6 Å². The maximum atomic E-state index is 13.6. The quantitative estimate of drug-likeness (QED) is 0.0987. The molecule has 3 amide bonds. The molecule has 4 aliphatic carbocycles. The number of rotatable bonds is 13. The number of carbonyl (C=O) groups is 3.